The van der Waals surface area contributed by atoms with Crippen LogP contribution in [0.2, 0.25) is 5.02 Å². The molecule has 0 saturated heterocycles. The molecule has 1 heterocycles. The maximum atomic E-state index is 12.4. The number of amides is 1. The molecule has 0 spiro atoms. The SMILES string of the molecule is CCn1nnc2cc(C(=O)O[C@H](C)C(=O)Nc3ccc(C#N)c(Cl)c3)ccc21. The molecule has 0 aliphatic carbocycles. The van der Waals surface area contributed by atoms with Crippen molar-refractivity contribution in [2.45, 2.75) is 26.5 Å². The van der Waals surface area contributed by atoms with Gasteiger partial charge in [-0.25, -0.2) is 9.48 Å². The van der Waals surface area contributed by atoms with Gasteiger partial charge in [-0.05, 0) is 50.2 Å². The van der Waals surface area contributed by atoms with Gasteiger partial charge < -0.3 is 10.1 Å². The Labute approximate surface area is 165 Å². The summed E-state index contributed by atoms with van der Waals surface area (Å²) in [5.74, 6) is -1.17. The van der Waals surface area contributed by atoms with E-state index in [-0.39, 0.29) is 10.6 Å². The summed E-state index contributed by atoms with van der Waals surface area (Å²) in [6.07, 6.45) is -1.04. The third kappa shape index (κ3) is 3.94. The number of benzene rings is 2. The fourth-order valence-corrected chi connectivity index (χ4v) is 2.77. The number of nitrogens with zero attached hydrogens (tertiary/aromatic N) is 4. The number of hydrogen-bond donors (Lipinski definition) is 1. The van der Waals surface area contributed by atoms with Crippen LogP contribution in [0.5, 0.6) is 0 Å². The Hall–Kier alpha value is -3.44. The minimum absolute atomic E-state index is 0.221. The molecule has 1 atom stereocenters. The molecule has 0 aliphatic rings. The Morgan fingerprint density at radius 2 is 2.11 bits per heavy atom. The lowest BCUT2D eigenvalue weighted by atomic mass is 10.2. The van der Waals surface area contributed by atoms with E-state index in [1.807, 2.05) is 13.0 Å². The zero-order chi connectivity index (χ0) is 20.3. The van der Waals surface area contributed by atoms with Gasteiger partial charge in [-0.2, -0.15) is 5.26 Å². The molecule has 28 heavy (non-hydrogen) atoms. The Morgan fingerprint density at radius 1 is 1.32 bits per heavy atom. The summed E-state index contributed by atoms with van der Waals surface area (Å²) in [7, 11) is 0. The van der Waals surface area contributed by atoms with Crippen LogP contribution in [0.25, 0.3) is 11.0 Å². The maximum absolute atomic E-state index is 12.4. The predicted molar refractivity (Wildman–Crippen MR) is 103 cm³/mol. The van der Waals surface area contributed by atoms with E-state index in [1.165, 1.54) is 19.1 Å². The number of aryl methyl sites for hydroxylation is 1. The van der Waals surface area contributed by atoms with Crippen molar-refractivity contribution in [3.63, 3.8) is 0 Å². The number of rotatable bonds is 5. The highest BCUT2D eigenvalue weighted by Crippen LogP contribution is 2.21. The molecule has 8 nitrogen and oxygen atoms in total. The van der Waals surface area contributed by atoms with Gasteiger partial charge in [0.05, 0.1) is 21.7 Å². The van der Waals surface area contributed by atoms with Crippen molar-refractivity contribution in [1.82, 2.24) is 15.0 Å². The first-order chi connectivity index (χ1) is 13.4. The van der Waals surface area contributed by atoms with E-state index in [0.717, 1.165) is 5.52 Å². The van der Waals surface area contributed by atoms with Gasteiger partial charge in [0.15, 0.2) is 6.10 Å². The van der Waals surface area contributed by atoms with Gasteiger partial charge in [0.2, 0.25) is 0 Å². The molecule has 0 unspecified atom stereocenters. The highest BCUT2D eigenvalue weighted by Gasteiger charge is 2.20. The molecular formula is C19H16ClN5O3. The van der Waals surface area contributed by atoms with E-state index in [0.29, 0.717) is 23.3 Å². The van der Waals surface area contributed by atoms with Crippen molar-refractivity contribution in [2.24, 2.45) is 0 Å². The Bertz CT molecular complexity index is 1100. The van der Waals surface area contributed by atoms with E-state index >= 15 is 0 Å². The van der Waals surface area contributed by atoms with Crippen LogP contribution in [0.3, 0.4) is 0 Å². The van der Waals surface area contributed by atoms with Gasteiger partial charge in [-0.15, -0.1) is 5.10 Å². The van der Waals surface area contributed by atoms with Crippen LogP contribution in [-0.4, -0.2) is 33.0 Å². The number of esters is 1. The Kier molecular flexibility index (Phi) is 5.57. The lowest BCUT2D eigenvalue weighted by molar-refractivity contribution is -0.123. The van der Waals surface area contributed by atoms with Gasteiger partial charge in [0.1, 0.15) is 11.6 Å². The second-order valence-corrected chi connectivity index (χ2v) is 6.36. The van der Waals surface area contributed by atoms with Gasteiger partial charge in [0.25, 0.3) is 5.91 Å². The number of nitriles is 1. The van der Waals surface area contributed by atoms with E-state index in [9.17, 15) is 9.59 Å². The molecule has 0 bridgehead atoms. The van der Waals surface area contributed by atoms with E-state index in [2.05, 4.69) is 15.6 Å². The van der Waals surface area contributed by atoms with Crippen LogP contribution < -0.4 is 5.32 Å². The molecule has 3 rings (SSSR count). The average molecular weight is 398 g/mol. The highest BCUT2D eigenvalue weighted by atomic mass is 35.5. The zero-order valence-electron chi connectivity index (χ0n) is 15.1. The van der Waals surface area contributed by atoms with Crippen molar-refractivity contribution < 1.29 is 14.3 Å². The lowest BCUT2D eigenvalue weighted by Gasteiger charge is -2.14. The second-order valence-electron chi connectivity index (χ2n) is 5.95. The van der Waals surface area contributed by atoms with Crippen molar-refractivity contribution in [2.75, 3.05) is 5.32 Å². The molecular weight excluding hydrogens is 382 g/mol. The number of anilines is 1. The summed E-state index contributed by atoms with van der Waals surface area (Å²) in [4.78, 5) is 24.6. The number of ether oxygens (including phenoxy) is 1. The van der Waals surface area contributed by atoms with Crippen molar-refractivity contribution in [3.8, 4) is 6.07 Å². The van der Waals surface area contributed by atoms with Crippen molar-refractivity contribution in [3.05, 3.63) is 52.5 Å². The summed E-state index contributed by atoms with van der Waals surface area (Å²) < 4.78 is 6.95. The van der Waals surface area contributed by atoms with Gasteiger partial charge >= 0.3 is 5.97 Å². The first-order valence-corrected chi connectivity index (χ1v) is 8.85. The Morgan fingerprint density at radius 3 is 2.79 bits per heavy atom. The molecule has 0 fully saturated rings. The van der Waals surface area contributed by atoms with E-state index in [1.54, 1.807) is 28.9 Å². The average Bonchev–Trinajstić information content (AvgIpc) is 3.10. The number of hydrogen-bond acceptors (Lipinski definition) is 6. The number of nitrogens with one attached hydrogen (secondary N) is 1. The van der Waals surface area contributed by atoms with Crippen molar-refractivity contribution >= 4 is 40.2 Å². The minimum Gasteiger partial charge on any atom is -0.449 e. The second kappa shape index (κ2) is 8.06. The molecule has 3 aromatic rings. The first kappa shape index (κ1) is 19.3. The third-order valence-corrected chi connectivity index (χ3v) is 4.37. The quantitative estimate of drug-likeness (QED) is 0.662. The molecule has 0 aliphatic heterocycles. The highest BCUT2D eigenvalue weighted by molar-refractivity contribution is 6.32. The van der Waals surface area contributed by atoms with Crippen LogP contribution in [0, 0.1) is 11.3 Å². The van der Waals surface area contributed by atoms with Crippen LogP contribution in [0.1, 0.15) is 29.8 Å². The minimum atomic E-state index is -1.04. The molecule has 142 valence electrons. The predicted octanol–water partition coefficient (Wildman–Crippen LogP) is 3.16. The molecule has 1 aromatic heterocycles. The summed E-state index contributed by atoms with van der Waals surface area (Å²) in [6.45, 7) is 4.07. The smallest absolute Gasteiger partial charge is 0.338 e. The number of halogens is 1. The molecule has 0 radical (unpaired) electrons. The first-order valence-electron chi connectivity index (χ1n) is 8.47. The van der Waals surface area contributed by atoms with Crippen LogP contribution >= 0.6 is 11.6 Å². The lowest BCUT2D eigenvalue weighted by Crippen LogP contribution is -2.30. The largest absolute Gasteiger partial charge is 0.449 e. The number of carbonyl (C=O) groups is 2. The topological polar surface area (TPSA) is 110 Å². The summed E-state index contributed by atoms with van der Waals surface area (Å²) in [5, 5.41) is 19.7. The fraction of sp³-hybridized carbons (Fsp3) is 0.211. The van der Waals surface area contributed by atoms with Crippen LogP contribution in [-0.2, 0) is 16.1 Å². The van der Waals surface area contributed by atoms with Gasteiger partial charge in [0, 0.05) is 12.2 Å². The normalized spacial score (nSPS) is 11.6. The summed E-state index contributed by atoms with van der Waals surface area (Å²) >= 11 is 5.94. The van der Waals surface area contributed by atoms with Gasteiger partial charge in [-0.1, -0.05) is 16.8 Å². The summed E-state index contributed by atoms with van der Waals surface area (Å²) in [6, 6.07) is 11.3. The maximum Gasteiger partial charge on any atom is 0.338 e. The molecule has 9 heteroatoms. The molecule has 2 aromatic carbocycles. The number of carbonyl (C=O) groups excluding carboxylic acids is 2. The monoisotopic (exact) mass is 397 g/mol. The third-order valence-electron chi connectivity index (χ3n) is 4.06. The van der Waals surface area contributed by atoms with Crippen molar-refractivity contribution in [1.29, 1.82) is 5.26 Å². The van der Waals surface area contributed by atoms with E-state index < -0.39 is 18.0 Å². The van der Waals surface area contributed by atoms with Crippen LogP contribution in [0.15, 0.2) is 36.4 Å². The Balaban J connectivity index is 1.67. The number of fused-ring (bicyclic) bond motifs is 1. The van der Waals surface area contributed by atoms with E-state index in [4.69, 9.17) is 21.6 Å². The van der Waals surface area contributed by atoms with Crippen LogP contribution in [0.4, 0.5) is 5.69 Å². The molecule has 0 saturated carbocycles. The zero-order valence-corrected chi connectivity index (χ0v) is 15.9. The number of aromatic nitrogens is 3. The fourth-order valence-electron chi connectivity index (χ4n) is 2.54. The summed E-state index contributed by atoms with van der Waals surface area (Å²) in [5.41, 5.74) is 2.35. The molecule has 1 amide bonds. The standard InChI is InChI=1S/C19H16ClN5O3/c1-3-25-17-7-5-12(8-16(17)23-24-25)19(27)28-11(2)18(26)22-14-6-4-13(10-21)15(20)9-14/h4-9,11H,3H2,1-2H3,(H,22,26)/t11-/m1/s1. The van der Waals surface area contributed by atoms with Gasteiger partial charge in [-0.3, -0.25) is 4.79 Å². The molecule has 1 N–H and O–H groups in total.